The van der Waals surface area contributed by atoms with Gasteiger partial charge < -0.3 is 0 Å². The van der Waals surface area contributed by atoms with Gasteiger partial charge in [0.2, 0.25) is 11.8 Å². The fraction of sp³-hybridized carbons (Fsp3) is 0.160. The number of anilines is 2. The van der Waals surface area contributed by atoms with Crippen LogP contribution in [0.5, 0.6) is 0 Å². The van der Waals surface area contributed by atoms with Crippen LogP contribution in [0.25, 0.3) is 0 Å². The molecule has 0 aromatic heterocycles. The predicted molar refractivity (Wildman–Crippen MR) is 154 cm³/mol. The number of nitrogens with zero attached hydrogens (tertiary/aromatic N) is 2. The molecule has 1 aliphatic rings. The van der Waals surface area contributed by atoms with Gasteiger partial charge in [-0.05, 0) is 48.5 Å². The summed E-state index contributed by atoms with van der Waals surface area (Å²) in [6.45, 7) is 2.27. The van der Waals surface area contributed by atoms with Gasteiger partial charge in [-0.3, -0.25) is 14.8 Å². The monoisotopic (exact) mass is 788 g/mol. The fourth-order valence-corrected chi connectivity index (χ4v) is 6.33. The molecule has 39 heavy (non-hydrogen) atoms. The van der Waals surface area contributed by atoms with E-state index in [-0.39, 0.29) is 16.7 Å². The topological polar surface area (TPSA) is 96.4 Å². The summed E-state index contributed by atoms with van der Waals surface area (Å²) in [5.41, 5.74) is 1.25. The molecule has 1 aliphatic heterocycles. The Labute approximate surface area is 246 Å². The minimum absolute atomic E-state index is 0.00743. The molecule has 8 nitrogen and oxygen atoms in total. The van der Waals surface area contributed by atoms with Gasteiger partial charge >= 0.3 is 78.8 Å². The third-order valence-corrected chi connectivity index (χ3v) is 9.17. The molecular weight excluding hydrogens is 768 g/mol. The van der Waals surface area contributed by atoms with E-state index in [1.165, 1.54) is 31.2 Å². The Kier molecular flexibility index (Phi) is 12.4. The molecule has 0 fully saturated rings. The first kappa shape index (κ1) is 32.7. The fourth-order valence-electron chi connectivity index (χ4n) is 2.79. The first-order valence-corrected chi connectivity index (χ1v) is 16.4. The summed E-state index contributed by atoms with van der Waals surface area (Å²) in [6.07, 6.45) is -4.90. The van der Waals surface area contributed by atoms with Crippen LogP contribution >= 0.6 is 52.1 Å². The van der Waals surface area contributed by atoms with Crippen molar-refractivity contribution in [2.45, 2.75) is 20.2 Å². The maximum atomic E-state index is 12.0. The van der Waals surface area contributed by atoms with Gasteiger partial charge in [-0.2, -0.15) is 15.0 Å². The Morgan fingerprint density at radius 3 is 1.79 bits per heavy atom. The Morgan fingerprint density at radius 1 is 0.872 bits per heavy atom. The van der Waals surface area contributed by atoms with Crippen LogP contribution in [0.1, 0.15) is 24.2 Å². The number of fused-ring (bicyclic) bond motifs is 1. The Bertz CT molecular complexity index is 1290. The van der Waals surface area contributed by atoms with Crippen molar-refractivity contribution in [1.29, 1.82) is 0 Å². The molecular formula is C25H22Br2F3IN2O6. The van der Waals surface area contributed by atoms with E-state index < -0.39 is 38.4 Å². The van der Waals surface area contributed by atoms with E-state index in [1.54, 1.807) is 24.3 Å². The first-order chi connectivity index (χ1) is 18.2. The van der Waals surface area contributed by atoms with E-state index in [0.717, 1.165) is 20.5 Å². The molecule has 0 bridgehead atoms. The van der Waals surface area contributed by atoms with Gasteiger partial charge in [0.05, 0.1) is 11.4 Å². The van der Waals surface area contributed by atoms with Crippen molar-refractivity contribution in [2.24, 2.45) is 0 Å². The number of benzene rings is 3. The summed E-state index contributed by atoms with van der Waals surface area (Å²) >= 11 is 4.85. The number of hydrogen-bond donors (Lipinski definition) is 1. The molecule has 0 atom stereocenters. The van der Waals surface area contributed by atoms with Crippen LogP contribution in [0.15, 0.2) is 81.7 Å². The average Bonchev–Trinajstić information content (AvgIpc) is 3.17. The van der Waals surface area contributed by atoms with Gasteiger partial charge in [0, 0.05) is 22.8 Å². The van der Waals surface area contributed by atoms with E-state index in [2.05, 4.69) is 36.7 Å². The number of carbonyl (C=O) groups is 3. The standard InChI is InChI=1S/C9H7BrF3NO2.C8H8BrNO2.C8H7IO2/c1-6(15)14(16-9(11,12)13)8-4-2-7(10)3-5-8;1-6(11)10(12)8-4-2-7(9)3-5-8;1-9-7-5-3-2-4-6(7)8(10)11-9/h2-5H,1H3;2-5,12H,1H3;2-5H,1H3. The SMILES string of the molecule is CC(=O)N(O)c1ccc(Br)cc1.CC(=O)N(OC(F)(F)F)c1ccc(Br)cc1.CI1OC(=O)c2ccccc21. The van der Waals surface area contributed by atoms with Gasteiger partial charge in [-0.15, -0.1) is 13.2 Å². The number of rotatable bonds is 3. The van der Waals surface area contributed by atoms with Gasteiger partial charge in [0.15, 0.2) is 0 Å². The summed E-state index contributed by atoms with van der Waals surface area (Å²) in [4.78, 5) is 38.4. The van der Waals surface area contributed by atoms with E-state index in [1.807, 2.05) is 29.2 Å². The van der Waals surface area contributed by atoms with Crippen LogP contribution in [0.2, 0.25) is 0 Å². The summed E-state index contributed by atoms with van der Waals surface area (Å²) in [5, 5.41) is 9.95. The van der Waals surface area contributed by atoms with E-state index in [9.17, 15) is 27.6 Å². The molecule has 1 heterocycles. The van der Waals surface area contributed by atoms with Crippen molar-refractivity contribution in [2.75, 3.05) is 15.1 Å². The van der Waals surface area contributed by atoms with Crippen molar-refractivity contribution >= 4 is 81.3 Å². The molecule has 2 amide bonds. The average molecular weight is 790 g/mol. The second-order valence-corrected chi connectivity index (χ2v) is 13.2. The zero-order valence-corrected chi connectivity index (χ0v) is 25.9. The number of amides is 2. The molecule has 4 rings (SSSR count). The summed E-state index contributed by atoms with van der Waals surface area (Å²) < 4.78 is 43.9. The maximum absolute atomic E-state index is 12.0. The molecule has 0 saturated carbocycles. The third kappa shape index (κ3) is 10.5. The number of halogens is 6. The van der Waals surface area contributed by atoms with Gasteiger partial charge in [0.25, 0.3) is 0 Å². The third-order valence-electron chi connectivity index (χ3n) is 4.48. The van der Waals surface area contributed by atoms with Crippen molar-refractivity contribution in [3.63, 3.8) is 0 Å². The Morgan fingerprint density at radius 2 is 1.36 bits per heavy atom. The normalized spacial score (nSPS) is 12.6. The predicted octanol–water partition coefficient (Wildman–Crippen LogP) is 7.52. The van der Waals surface area contributed by atoms with E-state index >= 15 is 0 Å². The second-order valence-electron chi connectivity index (χ2n) is 7.40. The molecule has 14 heteroatoms. The van der Waals surface area contributed by atoms with Crippen LogP contribution in [0.3, 0.4) is 0 Å². The van der Waals surface area contributed by atoms with Crippen molar-refractivity contribution in [3.8, 4) is 0 Å². The molecule has 0 radical (unpaired) electrons. The zero-order chi connectivity index (χ0) is 29.3. The van der Waals surface area contributed by atoms with E-state index in [4.69, 9.17) is 8.27 Å². The second kappa shape index (κ2) is 14.7. The van der Waals surface area contributed by atoms with Crippen LogP contribution < -0.4 is 10.1 Å². The zero-order valence-electron chi connectivity index (χ0n) is 20.6. The Hall–Kier alpha value is -2.53. The minimum atomic E-state index is -4.90. The molecule has 0 saturated heterocycles. The number of alkyl halides is 4. The van der Waals surface area contributed by atoms with Crippen molar-refractivity contribution in [1.82, 2.24) is 0 Å². The summed E-state index contributed by atoms with van der Waals surface area (Å²) in [7, 11) is 0. The van der Waals surface area contributed by atoms with Gasteiger partial charge in [-0.25, -0.2) is 0 Å². The van der Waals surface area contributed by atoms with E-state index in [0.29, 0.717) is 15.2 Å². The quantitative estimate of drug-likeness (QED) is 0.128. The van der Waals surface area contributed by atoms with Crippen molar-refractivity contribution in [3.05, 3.63) is 90.9 Å². The van der Waals surface area contributed by atoms with Crippen LogP contribution in [-0.2, 0) is 17.5 Å². The number of carbonyl (C=O) groups excluding carboxylic acids is 3. The molecule has 210 valence electrons. The molecule has 0 unspecified atom stereocenters. The number of hydrogen-bond acceptors (Lipinski definition) is 6. The molecule has 3 aromatic rings. The van der Waals surface area contributed by atoms with Gasteiger partial charge in [-0.1, -0.05) is 31.9 Å². The van der Waals surface area contributed by atoms with Crippen molar-refractivity contribution < 1.29 is 40.7 Å². The first-order valence-electron chi connectivity index (χ1n) is 10.7. The molecule has 0 aliphatic carbocycles. The summed E-state index contributed by atoms with van der Waals surface area (Å²) in [5.74, 6) is -1.40. The Balaban J connectivity index is 0.000000209. The van der Waals surface area contributed by atoms with Crippen LogP contribution in [0, 0.1) is 3.57 Å². The van der Waals surface area contributed by atoms with Crippen LogP contribution in [0.4, 0.5) is 24.5 Å². The number of hydroxylamine groups is 2. The molecule has 3 aromatic carbocycles. The summed E-state index contributed by atoms with van der Waals surface area (Å²) in [6, 6.07) is 20.1. The van der Waals surface area contributed by atoms with Crippen LogP contribution in [-0.4, -0.2) is 34.3 Å². The van der Waals surface area contributed by atoms with Gasteiger partial charge in [0.1, 0.15) is 0 Å². The molecule has 1 N–H and O–H groups in total. The molecule has 0 spiro atoms.